The van der Waals surface area contributed by atoms with Crippen LogP contribution < -0.4 is 19.1 Å². The number of amides is 1. The minimum Gasteiger partial charge on any atom is -0.491 e. The molecule has 5 rings (SSSR count). The van der Waals surface area contributed by atoms with Crippen LogP contribution in [0.1, 0.15) is 24.5 Å². The van der Waals surface area contributed by atoms with E-state index in [0.717, 1.165) is 5.56 Å². The summed E-state index contributed by atoms with van der Waals surface area (Å²) in [5, 5.41) is 9.70. The van der Waals surface area contributed by atoms with Crippen LogP contribution in [0.2, 0.25) is 0 Å². The van der Waals surface area contributed by atoms with Gasteiger partial charge in [0.15, 0.2) is 11.5 Å². The van der Waals surface area contributed by atoms with Crippen molar-refractivity contribution in [2.75, 3.05) is 24.7 Å². The third kappa shape index (κ3) is 2.04. The molecule has 1 N–H and O–H groups in total. The van der Waals surface area contributed by atoms with E-state index in [2.05, 4.69) is 0 Å². The molecule has 3 aliphatic rings. The first-order valence-corrected chi connectivity index (χ1v) is 9.31. The number of ether oxygens (including phenoxy) is 3. The number of hydrogen-bond donors (Lipinski definition) is 1. The van der Waals surface area contributed by atoms with E-state index in [1.807, 2.05) is 18.2 Å². The second-order valence-electron chi connectivity index (χ2n) is 7.14. The third-order valence-electron chi connectivity index (χ3n) is 5.74. The largest absolute Gasteiger partial charge is 0.491 e. The van der Waals surface area contributed by atoms with Crippen molar-refractivity contribution in [3.63, 3.8) is 0 Å². The first kappa shape index (κ1) is 16.9. The van der Waals surface area contributed by atoms with Gasteiger partial charge in [0.05, 0.1) is 0 Å². The summed E-state index contributed by atoms with van der Waals surface area (Å²) < 4.78 is 17.3. The predicted octanol–water partition coefficient (Wildman–Crippen LogP) is 2.35. The van der Waals surface area contributed by atoms with Gasteiger partial charge in [-0.1, -0.05) is 25.1 Å². The molecule has 7 heteroatoms. The molecule has 2 aromatic carbocycles. The Morgan fingerprint density at radius 1 is 1.11 bits per heavy atom. The van der Waals surface area contributed by atoms with Gasteiger partial charge in [-0.15, -0.1) is 0 Å². The summed E-state index contributed by atoms with van der Waals surface area (Å²) in [7, 11) is 0. The number of fused-ring (bicyclic) bond motifs is 5. The van der Waals surface area contributed by atoms with Crippen molar-refractivity contribution in [1.29, 1.82) is 0 Å². The number of nitrogens with zero attached hydrogens (tertiary/aromatic N) is 1. The van der Waals surface area contributed by atoms with E-state index >= 15 is 0 Å². The molecule has 0 bridgehead atoms. The molecule has 2 unspecified atom stereocenters. The van der Waals surface area contributed by atoms with E-state index in [9.17, 15) is 14.7 Å². The van der Waals surface area contributed by atoms with Crippen LogP contribution in [0.4, 0.5) is 5.69 Å². The van der Waals surface area contributed by atoms with Crippen LogP contribution in [0.5, 0.6) is 17.2 Å². The van der Waals surface area contributed by atoms with Gasteiger partial charge in [0.1, 0.15) is 37.0 Å². The fraction of sp³-hybridized carbons (Fsp3) is 0.333. The zero-order chi connectivity index (χ0) is 19.5. The van der Waals surface area contributed by atoms with Gasteiger partial charge in [0.25, 0.3) is 0 Å². The van der Waals surface area contributed by atoms with Crippen LogP contribution in [-0.4, -0.2) is 42.8 Å². The maximum absolute atomic E-state index is 13.7. The molecule has 0 aromatic heterocycles. The van der Waals surface area contributed by atoms with Crippen molar-refractivity contribution < 1.29 is 28.9 Å². The van der Waals surface area contributed by atoms with Gasteiger partial charge in [-0.05, 0) is 24.1 Å². The van der Waals surface area contributed by atoms with Crippen molar-refractivity contribution in [3.05, 3.63) is 47.5 Å². The number of carboxylic acids is 1. The molecule has 0 saturated carbocycles. The highest BCUT2D eigenvalue weighted by Gasteiger charge is 2.59. The number of benzene rings is 2. The smallest absolute Gasteiger partial charge is 0.326 e. The van der Waals surface area contributed by atoms with Crippen LogP contribution in [0.15, 0.2) is 36.4 Å². The molecule has 2 atom stereocenters. The van der Waals surface area contributed by atoms with E-state index in [-0.39, 0.29) is 12.5 Å². The third-order valence-corrected chi connectivity index (χ3v) is 5.74. The van der Waals surface area contributed by atoms with Crippen LogP contribution in [0.25, 0.3) is 0 Å². The summed E-state index contributed by atoms with van der Waals surface area (Å²) in [6.07, 6.45) is 0.306. The zero-order valence-corrected chi connectivity index (χ0v) is 15.3. The molecule has 144 valence electrons. The second-order valence-corrected chi connectivity index (χ2v) is 7.14. The number of para-hydroxylation sites is 1. The highest BCUT2D eigenvalue weighted by Crippen LogP contribution is 2.55. The molecule has 0 radical (unpaired) electrons. The Morgan fingerprint density at radius 3 is 2.54 bits per heavy atom. The Morgan fingerprint density at radius 2 is 1.82 bits per heavy atom. The average molecular weight is 381 g/mol. The van der Waals surface area contributed by atoms with Crippen LogP contribution in [-0.2, 0) is 15.0 Å². The van der Waals surface area contributed by atoms with Gasteiger partial charge in [0.2, 0.25) is 5.91 Å². The van der Waals surface area contributed by atoms with E-state index in [1.165, 1.54) is 4.90 Å². The molecule has 1 amide bonds. The van der Waals surface area contributed by atoms with Crippen LogP contribution >= 0.6 is 0 Å². The Hall–Kier alpha value is -3.22. The lowest BCUT2D eigenvalue weighted by atomic mass is 9.77. The van der Waals surface area contributed by atoms with E-state index < -0.39 is 17.4 Å². The van der Waals surface area contributed by atoms with Crippen molar-refractivity contribution in [2.45, 2.75) is 24.8 Å². The zero-order valence-electron chi connectivity index (χ0n) is 15.3. The molecule has 3 aliphatic heterocycles. The molecule has 3 heterocycles. The van der Waals surface area contributed by atoms with E-state index in [4.69, 9.17) is 14.2 Å². The molecule has 2 aromatic rings. The minimum absolute atomic E-state index is 0.119. The topological polar surface area (TPSA) is 85.3 Å². The van der Waals surface area contributed by atoms with Gasteiger partial charge in [-0.2, -0.15) is 0 Å². The maximum Gasteiger partial charge on any atom is 0.326 e. The van der Waals surface area contributed by atoms with Gasteiger partial charge in [-0.3, -0.25) is 9.69 Å². The fourth-order valence-electron chi connectivity index (χ4n) is 4.44. The summed E-state index contributed by atoms with van der Waals surface area (Å²) in [4.78, 5) is 27.0. The lowest BCUT2D eigenvalue weighted by Gasteiger charge is -2.27. The number of anilines is 1. The van der Waals surface area contributed by atoms with E-state index in [0.29, 0.717) is 48.1 Å². The van der Waals surface area contributed by atoms with E-state index in [1.54, 1.807) is 25.1 Å². The van der Waals surface area contributed by atoms with Crippen molar-refractivity contribution in [1.82, 2.24) is 0 Å². The second kappa shape index (κ2) is 5.89. The number of rotatable bonds is 3. The first-order chi connectivity index (χ1) is 13.6. The Labute approximate surface area is 161 Å². The monoisotopic (exact) mass is 381 g/mol. The number of carbonyl (C=O) groups excluding carboxylic acids is 1. The molecule has 28 heavy (non-hydrogen) atoms. The lowest BCUT2D eigenvalue weighted by molar-refractivity contribution is -0.140. The molecule has 1 spiro atoms. The maximum atomic E-state index is 13.7. The Balaban J connectivity index is 1.72. The Kier molecular flexibility index (Phi) is 3.56. The predicted molar refractivity (Wildman–Crippen MR) is 99.3 cm³/mol. The summed E-state index contributed by atoms with van der Waals surface area (Å²) in [5.41, 5.74) is 0.991. The standard InChI is InChI=1S/C21H19NO6/c1-2-14(19(23)24)22-15-6-4-3-5-12(15)21(20(22)25)11-28-16-10-18-17(9-13(16)21)26-7-8-27-18/h3-6,9-10,14H,2,7-8,11H2,1H3,(H,23,24). The van der Waals surface area contributed by atoms with Gasteiger partial charge >= 0.3 is 5.97 Å². The number of hydrogen-bond acceptors (Lipinski definition) is 5. The van der Waals surface area contributed by atoms with Crippen LogP contribution in [0, 0.1) is 0 Å². The number of carbonyl (C=O) groups is 2. The van der Waals surface area contributed by atoms with Crippen molar-refractivity contribution >= 4 is 17.6 Å². The summed E-state index contributed by atoms with van der Waals surface area (Å²) in [6.45, 7) is 2.78. The summed E-state index contributed by atoms with van der Waals surface area (Å²) >= 11 is 0. The highest BCUT2D eigenvalue weighted by molar-refractivity contribution is 6.14. The molecular formula is C21H19NO6. The van der Waals surface area contributed by atoms with Crippen molar-refractivity contribution in [2.24, 2.45) is 0 Å². The normalized spacial score (nSPS) is 22.6. The lowest BCUT2D eigenvalue weighted by Crippen LogP contribution is -2.49. The molecule has 0 fully saturated rings. The van der Waals surface area contributed by atoms with Gasteiger partial charge in [0, 0.05) is 17.3 Å². The average Bonchev–Trinajstić information content (AvgIpc) is 3.19. The molecule has 0 saturated heterocycles. The molecular weight excluding hydrogens is 362 g/mol. The van der Waals surface area contributed by atoms with Crippen LogP contribution in [0.3, 0.4) is 0 Å². The highest BCUT2D eigenvalue weighted by atomic mass is 16.6. The Bertz CT molecular complexity index is 1000. The summed E-state index contributed by atoms with van der Waals surface area (Å²) in [5.74, 6) is 0.429. The number of aliphatic carboxylic acids is 1. The quantitative estimate of drug-likeness (QED) is 0.879. The van der Waals surface area contributed by atoms with Gasteiger partial charge in [-0.25, -0.2) is 4.79 Å². The number of carboxylic acid groups (broad SMARTS) is 1. The first-order valence-electron chi connectivity index (χ1n) is 9.31. The molecule has 7 nitrogen and oxygen atoms in total. The molecule has 0 aliphatic carbocycles. The SMILES string of the molecule is CCC(C(=O)O)N1C(=O)C2(COc3cc4c(cc32)OCCO4)c2ccccc21. The minimum atomic E-state index is -1.08. The van der Waals surface area contributed by atoms with Crippen molar-refractivity contribution in [3.8, 4) is 17.2 Å². The van der Waals surface area contributed by atoms with Gasteiger partial charge < -0.3 is 19.3 Å². The fourth-order valence-corrected chi connectivity index (χ4v) is 4.44. The summed E-state index contributed by atoms with van der Waals surface area (Å²) in [6, 6.07) is 9.96.